The Bertz CT molecular complexity index is 1120. The number of thiophene rings is 1. The summed E-state index contributed by atoms with van der Waals surface area (Å²) in [6, 6.07) is 15.7. The maximum absolute atomic E-state index is 12.5. The highest BCUT2D eigenvalue weighted by atomic mass is 32.1. The largest absolute Gasteiger partial charge is 0.383 e. The first kappa shape index (κ1) is 17.6. The highest BCUT2D eigenvalue weighted by Crippen LogP contribution is 2.26. The third-order valence-corrected chi connectivity index (χ3v) is 5.95. The van der Waals surface area contributed by atoms with Gasteiger partial charge in [-0.2, -0.15) is 0 Å². The third kappa shape index (κ3) is 3.70. The molecule has 0 saturated heterocycles. The van der Waals surface area contributed by atoms with Crippen LogP contribution in [0.5, 0.6) is 0 Å². The smallest absolute Gasteiger partial charge is 0.150 e. The zero-order valence-corrected chi connectivity index (χ0v) is 15.7. The van der Waals surface area contributed by atoms with Crippen molar-refractivity contribution in [2.24, 2.45) is 5.73 Å². The van der Waals surface area contributed by atoms with Crippen LogP contribution in [-0.2, 0) is 17.6 Å². The van der Waals surface area contributed by atoms with Crippen molar-refractivity contribution in [2.45, 2.75) is 25.3 Å². The van der Waals surface area contributed by atoms with Crippen LogP contribution in [0.4, 0.5) is 5.82 Å². The molecule has 0 bridgehead atoms. The third-order valence-electron chi connectivity index (χ3n) is 4.93. The molecular formula is C22H21N3OS. The zero-order valence-electron chi connectivity index (χ0n) is 14.9. The Kier molecular flexibility index (Phi) is 4.88. The van der Waals surface area contributed by atoms with Gasteiger partial charge in [-0.1, -0.05) is 36.4 Å². The molecule has 0 aliphatic carbocycles. The van der Waals surface area contributed by atoms with Crippen LogP contribution < -0.4 is 11.5 Å². The van der Waals surface area contributed by atoms with Gasteiger partial charge in [0.05, 0.1) is 6.04 Å². The Hall–Kier alpha value is -2.76. The number of pyridine rings is 1. The molecule has 0 saturated carbocycles. The molecule has 0 fully saturated rings. The molecule has 0 aliphatic rings. The molecule has 2 aromatic carbocycles. The summed E-state index contributed by atoms with van der Waals surface area (Å²) in [4.78, 5) is 16.6. The van der Waals surface area contributed by atoms with Crippen molar-refractivity contribution in [3.63, 3.8) is 0 Å². The van der Waals surface area contributed by atoms with Crippen molar-refractivity contribution in [3.8, 4) is 0 Å². The number of benzene rings is 2. The van der Waals surface area contributed by atoms with E-state index in [1.165, 1.54) is 10.1 Å². The number of aromatic nitrogens is 1. The summed E-state index contributed by atoms with van der Waals surface area (Å²) in [6.45, 7) is 0. The van der Waals surface area contributed by atoms with Gasteiger partial charge in [0.1, 0.15) is 11.6 Å². The van der Waals surface area contributed by atoms with E-state index in [-0.39, 0.29) is 5.78 Å². The molecule has 0 amide bonds. The minimum Gasteiger partial charge on any atom is -0.383 e. The van der Waals surface area contributed by atoms with Crippen LogP contribution in [0.15, 0.2) is 60.1 Å². The van der Waals surface area contributed by atoms with Crippen LogP contribution in [0.1, 0.15) is 17.5 Å². The Balaban J connectivity index is 1.41. The summed E-state index contributed by atoms with van der Waals surface area (Å²) in [6.07, 6.45) is 3.40. The fraction of sp³-hybridized carbons (Fsp3) is 0.182. The van der Waals surface area contributed by atoms with E-state index in [1.54, 1.807) is 17.5 Å². The predicted octanol–water partition coefficient (Wildman–Crippen LogP) is 4.10. The van der Waals surface area contributed by atoms with Crippen LogP contribution in [-0.4, -0.2) is 16.8 Å². The van der Waals surface area contributed by atoms with Crippen LogP contribution >= 0.6 is 11.3 Å². The number of hydrogen-bond donors (Lipinski definition) is 2. The van der Waals surface area contributed by atoms with Gasteiger partial charge in [-0.15, -0.1) is 11.3 Å². The zero-order chi connectivity index (χ0) is 18.8. The molecule has 136 valence electrons. The number of aryl methyl sites for hydroxylation is 1. The summed E-state index contributed by atoms with van der Waals surface area (Å²) in [5.41, 5.74) is 14.4. The molecular weight excluding hydrogens is 354 g/mol. The number of carbonyl (C=O) groups excluding carboxylic acids is 1. The quantitative estimate of drug-likeness (QED) is 0.531. The lowest BCUT2D eigenvalue weighted by molar-refractivity contribution is -0.120. The van der Waals surface area contributed by atoms with Crippen LogP contribution in [0.2, 0.25) is 0 Å². The van der Waals surface area contributed by atoms with Crippen molar-refractivity contribution in [2.75, 3.05) is 5.73 Å². The highest BCUT2D eigenvalue weighted by molar-refractivity contribution is 7.17. The molecule has 1 atom stereocenters. The van der Waals surface area contributed by atoms with E-state index in [0.717, 1.165) is 21.9 Å². The monoisotopic (exact) mass is 375 g/mol. The molecule has 0 unspecified atom stereocenters. The summed E-state index contributed by atoms with van der Waals surface area (Å²) >= 11 is 1.70. The van der Waals surface area contributed by atoms with Crippen LogP contribution in [0.3, 0.4) is 0 Å². The summed E-state index contributed by atoms with van der Waals surface area (Å²) in [5.74, 6) is 0.625. The van der Waals surface area contributed by atoms with E-state index in [0.29, 0.717) is 25.1 Å². The van der Waals surface area contributed by atoms with Crippen LogP contribution in [0, 0.1) is 0 Å². The van der Waals surface area contributed by atoms with E-state index in [9.17, 15) is 4.79 Å². The molecule has 4 nitrogen and oxygen atoms in total. The Labute approximate surface area is 161 Å². The number of hydrogen-bond acceptors (Lipinski definition) is 5. The normalized spacial score (nSPS) is 12.5. The summed E-state index contributed by atoms with van der Waals surface area (Å²) in [5, 5.41) is 5.29. The highest BCUT2D eigenvalue weighted by Gasteiger charge is 2.16. The predicted molar refractivity (Wildman–Crippen MR) is 113 cm³/mol. The lowest BCUT2D eigenvalue weighted by Gasteiger charge is -2.11. The fourth-order valence-electron chi connectivity index (χ4n) is 3.40. The van der Waals surface area contributed by atoms with E-state index in [2.05, 4.69) is 28.6 Å². The maximum atomic E-state index is 12.5. The van der Waals surface area contributed by atoms with Gasteiger partial charge < -0.3 is 11.5 Å². The standard InChI is InChI=1S/C22H21N3OS/c23-19(12-16-13-27-21-4-2-1-3-17(16)21)20(26)8-6-14-5-7-18-15(11-14)9-10-25-22(18)24/h1-5,7,9-11,13,19H,6,8,12,23H2,(H2,24,25)/t19-/m0/s1. The number of fused-ring (bicyclic) bond motifs is 2. The average Bonchev–Trinajstić information content (AvgIpc) is 3.09. The van der Waals surface area contributed by atoms with Gasteiger partial charge in [0.25, 0.3) is 0 Å². The number of anilines is 1. The lowest BCUT2D eigenvalue weighted by atomic mass is 9.97. The molecule has 4 rings (SSSR count). The molecule has 27 heavy (non-hydrogen) atoms. The summed E-state index contributed by atoms with van der Waals surface area (Å²) in [7, 11) is 0. The number of nitrogens with two attached hydrogens (primary N) is 2. The van der Waals surface area contributed by atoms with Crippen molar-refractivity contribution in [1.82, 2.24) is 4.98 Å². The molecule has 2 aromatic heterocycles. The molecule has 0 aliphatic heterocycles. The van der Waals surface area contributed by atoms with Gasteiger partial charge in [-0.25, -0.2) is 4.98 Å². The van der Waals surface area contributed by atoms with Crippen molar-refractivity contribution in [1.29, 1.82) is 0 Å². The Morgan fingerprint density at radius 1 is 1.11 bits per heavy atom. The number of nitrogen functional groups attached to an aromatic ring is 1. The van der Waals surface area contributed by atoms with Gasteiger partial charge in [-0.05, 0) is 52.3 Å². The number of nitrogens with zero attached hydrogens (tertiary/aromatic N) is 1. The Morgan fingerprint density at radius 2 is 1.96 bits per heavy atom. The number of ketones is 1. The summed E-state index contributed by atoms with van der Waals surface area (Å²) < 4.78 is 1.23. The average molecular weight is 375 g/mol. The van der Waals surface area contributed by atoms with Crippen molar-refractivity contribution in [3.05, 3.63) is 71.2 Å². The molecule has 4 aromatic rings. The van der Waals surface area contributed by atoms with Gasteiger partial charge in [0.2, 0.25) is 0 Å². The topological polar surface area (TPSA) is 82.0 Å². The first-order chi connectivity index (χ1) is 13.1. The van der Waals surface area contributed by atoms with Gasteiger partial charge in [0.15, 0.2) is 0 Å². The molecule has 0 radical (unpaired) electrons. The van der Waals surface area contributed by atoms with Gasteiger partial charge >= 0.3 is 0 Å². The molecule has 5 heteroatoms. The minimum atomic E-state index is -0.469. The minimum absolute atomic E-state index is 0.0969. The molecule has 2 heterocycles. The second kappa shape index (κ2) is 7.47. The van der Waals surface area contributed by atoms with Gasteiger partial charge in [0, 0.05) is 22.7 Å². The maximum Gasteiger partial charge on any atom is 0.150 e. The number of rotatable bonds is 6. The van der Waals surface area contributed by atoms with E-state index < -0.39 is 6.04 Å². The van der Waals surface area contributed by atoms with Gasteiger partial charge in [-0.3, -0.25) is 4.79 Å². The van der Waals surface area contributed by atoms with E-state index in [1.807, 2.05) is 30.3 Å². The SMILES string of the molecule is Nc1nccc2cc(CCC(=O)[C@@H](N)Cc3csc4ccccc34)ccc12. The fourth-order valence-corrected chi connectivity index (χ4v) is 4.38. The molecule has 4 N–H and O–H groups in total. The van der Waals surface area contributed by atoms with Crippen LogP contribution in [0.25, 0.3) is 20.9 Å². The van der Waals surface area contributed by atoms with Crippen molar-refractivity contribution < 1.29 is 4.79 Å². The van der Waals surface area contributed by atoms with E-state index in [4.69, 9.17) is 11.5 Å². The second-order valence-corrected chi connectivity index (χ2v) is 7.70. The van der Waals surface area contributed by atoms with Crippen molar-refractivity contribution >= 4 is 43.8 Å². The Morgan fingerprint density at radius 3 is 2.85 bits per heavy atom. The first-order valence-corrected chi connectivity index (χ1v) is 9.86. The van der Waals surface area contributed by atoms with E-state index >= 15 is 0 Å². The number of carbonyl (C=O) groups is 1. The molecule has 0 spiro atoms. The lowest BCUT2D eigenvalue weighted by Crippen LogP contribution is -2.32. The first-order valence-electron chi connectivity index (χ1n) is 8.98. The number of Topliss-reactive ketones (excluding diaryl/α,β-unsaturated/α-hetero) is 1. The second-order valence-electron chi connectivity index (χ2n) is 6.79.